The Morgan fingerprint density at radius 1 is 0.433 bits per heavy atom. The van der Waals surface area contributed by atoms with Crippen LogP contribution in [-0.4, -0.2) is 69.2 Å². The Labute approximate surface area is 377 Å². The molecule has 0 amide bonds. The molecule has 6 heteroatoms. The van der Waals surface area contributed by atoms with Crippen molar-refractivity contribution in [3.63, 3.8) is 0 Å². The van der Waals surface area contributed by atoms with Gasteiger partial charge in [0.15, 0.2) is 0 Å². The third-order valence-corrected chi connectivity index (χ3v) is 15.1. The topological polar surface area (TPSA) is 55.8 Å². The number of hydrogen-bond acceptors (Lipinski definition) is 5. The lowest BCUT2D eigenvalue weighted by Crippen LogP contribution is -2.13. The normalized spacial score (nSPS) is 12.6. The Morgan fingerprint density at radius 2 is 0.750 bits per heavy atom. The number of hydrogen-bond donors (Lipinski definition) is 0. The van der Waals surface area contributed by atoms with E-state index in [4.69, 9.17) is 9.47 Å². The summed E-state index contributed by atoms with van der Waals surface area (Å²) in [7, 11) is 4.55. The van der Waals surface area contributed by atoms with E-state index in [2.05, 4.69) is 71.0 Å². The van der Waals surface area contributed by atoms with Crippen LogP contribution >= 0.6 is 7.92 Å². The Morgan fingerprint density at radius 3 is 1.08 bits per heavy atom. The average Bonchev–Trinajstić information content (AvgIpc) is 3.23. The minimum Gasteiger partial charge on any atom is -0.461 e. The predicted octanol–water partition coefficient (Wildman–Crippen LogP) is 16.8. The standard InChI is InChI=1S/C54H104NO4P/c1-7-11-25-37-51(38-26-12-8-2)41-35-46-58-53(56)43-29-21-17-15-19-23-32-48-60(50-34-31-45-55(5)6)49-33-24-20-16-18-22-30-44-54(57)59-47-36-42-52(39-27-13-9-3)40-28-14-10-4/h35-36,41-42,51-52H,7-34,37-40,43-50H2,1-6H3. The molecule has 0 rings (SSSR count). The van der Waals surface area contributed by atoms with Gasteiger partial charge in [0.2, 0.25) is 0 Å². The van der Waals surface area contributed by atoms with E-state index in [1.54, 1.807) is 0 Å². The van der Waals surface area contributed by atoms with Gasteiger partial charge in [0.1, 0.15) is 13.2 Å². The maximum absolute atomic E-state index is 12.3. The van der Waals surface area contributed by atoms with Gasteiger partial charge in [-0.05, 0) is 115 Å². The number of ether oxygens (including phenoxy) is 2. The second kappa shape index (κ2) is 47.3. The summed E-state index contributed by atoms with van der Waals surface area (Å²) in [5, 5.41) is 0. The van der Waals surface area contributed by atoms with Gasteiger partial charge < -0.3 is 14.4 Å². The molecule has 0 spiro atoms. The molecule has 0 fully saturated rings. The van der Waals surface area contributed by atoms with Crippen molar-refractivity contribution in [3.8, 4) is 0 Å². The van der Waals surface area contributed by atoms with Gasteiger partial charge in [-0.2, -0.15) is 0 Å². The van der Waals surface area contributed by atoms with E-state index in [0.717, 1.165) is 25.7 Å². The van der Waals surface area contributed by atoms with E-state index in [1.807, 2.05) is 0 Å². The van der Waals surface area contributed by atoms with Gasteiger partial charge >= 0.3 is 11.9 Å². The molecule has 0 aromatic heterocycles. The molecule has 354 valence electrons. The van der Waals surface area contributed by atoms with Crippen molar-refractivity contribution in [2.45, 2.75) is 246 Å². The fourth-order valence-electron chi connectivity index (χ4n) is 8.30. The quantitative estimate of drug-likeness (QED) is 0.0264. The van der Waals surface area contributed by atoms with E-state index in [-0.39, 0.29) is 19.9 Å². The number of nitrogens with zero attached hydrogens (tertiary/aromatic N) is 1. The van der Waals surface area contributed by atoms with Crippen LogP contribution in [0.3, 0.4) is 0 Å². The molecule has 0 bridgehead atoms. The van der Waals surface area contributed by atoms with Crippen LogP contribution in [0.1, 0.15) is 246 Å². The van der Waals surface area contributed by atoms with Gasteiger partial charge in [-0.3, -0.25) is 9.59 Å². The first kappa shape index (κ1) is 58.8. The summed E-state index contributed by atoms with van der Waals surface area (Å²) in [6.07, 6.45) is 55.2. The highest BCUT2D eigenvalue weighted by Crippen LogP contribution is 2.39. The third-order valence-electron chi connectivity index (χ3n) is 12.3. The number of rotatable bonds is 47. The molecule has 0 aromatic carbocycles. The Kier molecular flexibility index (Phi) is 46.4. The molecule has 0 aliphatic heterocycles. The highest BCUT2D eigenvalue weighted by Gasteiger charge is 2.10. The van der Waals surface area contributed by atoms with Crippen molar-refractivity contribution in [3.05, 3.63) is 24.3 Å². The van der Waals surface area contributed by atoms with Crippen molar-refractivity contribution in [1.29, 1.82) is 0 Å². The summed E-state index contributed by atoms with van der Waals surface area (Å²) < 4.78 is 11.1. The van der Waals surface area contributed by atoms with Crippen LogP contribution < -0.4 is 0 Å². The molecule has 0 saturated heterocycles. The molecule has 0 unspecified atom stereocenters. The van der Waals surface area contributed by atoms with Crippen molar-refractivity contribution in [2.75, 3.05) is 52.3 Å². The predicted molar refractivity (Wildman–Crippen MR) is 267 cm³/mol. The zero-order chi connectivity index (χ0) is 44.0. The number of carbonyl (C=O) groups excluding carboxylic acids is 2. The molecule has 0 aliphatic carbocycles. The number of esters is 2. The lowest BCUT2D eigenvalue weighted by Gasteiger charge is -2.18. The van der Waals surface area contributed by atoms with Gasteiger partial charge in [0, 0.05) is 12.8 Å². The van der Waals surface area contributed by atoms with Crippen LogP contribution in [-0.2, 0) is 19.1 Å². The largest absolute Gasteiger partial charge is 0.461 e. The maximum Gasteiger partial charge on any atom is 0.306 e. The molecule has 0 N–H and O–H groups in total. The summed E-state index contributed by atoms with van der Waals surface area (Å²) >= 11 is 0. The molecule has 0 aromatic rings. The molecule has 0 radical (unpaired) electrons. The highest BCUT2D eigenvalue weighted by atomic mass is 31.1. The second-order valence-electron chi connectivity index (χ2n) is 18.5. The van der Waals surface area contributed by atoms with Gasteiger partial charge in [0.25, 0.3) is 0 Å². The monoisotopic (exact) mass is 862 g/mol. The molecule has 0 atom stereocenters. The SMILES string of the molecule is CCCCCC(C=CCOC(=O)CCCCCCCCCP(CCCCCCCCCC(=O)OCC=CC(CCCCC)CCCCC)CCCCN(C)C)CCCCC. The lowest BCUT2D eigenvalue weighted by molar-refractivity contribution is -0.143. The summed E-state index contributed by atoms with van der Waals surface area (Å²) in [4.78, 5) is 26.9. The van der Waals surface area contributed by atoms with Crippen LogP contribution in [0, 0.1) is 11.8 Å². The minimum atomic E-state index is -0.0286. The molecular formula is C54H104NO4P. The summed E-state index contributed by atoms with van der Waals surface area (Å²) in [6, 6.07) is 0. The first-order valence-corrected chi connectivity index (χ1v) is 28.3. The van der Waals surface area contributed by atoms with Crippen molar-refractivity contribution >= 4 is 19.9 Å². The summed E-state index contributed by atoms with van der Waals surface area (Å²) in [5.41, 5.74) is 0. The minimum absolute atomic E-state index is 0.0286. The Bertz CT molecular complexity index is 879. The first-order valence-electron chi connectivity index (χ1n) is 26.4. The Hall–Kier alpha value is -1.19. The van der Waals surface area contributed by atoms with E-state index >= 15 is 0 Å². The maximum atomic E-state index is 12.3. The summed E-state index contributed by atoms with van der Waals surface area (Å²) in [5.74, 6) is 1.22. The number of allylic oxidation sites excluding steroid dienone is 2. The fourth-order valence-corrected chi connectivity index (χ4v) is 11.0. The molecular weight excluding hydrogens is 758 g/mol. The zero-order valence-electron chi connectivity index (χ0n) is 41.3. The molecule has 0 heterocycles. The first-order chi connectivity index (χ1) is 29.4. The lowest BCUT2D eigenvalue weighted by atomic mass is 9.94. The van der Waals surface area contributed by atoms with Gasteiger partial charge in [0.05, 0.1) is 0 Å². The van der Waals surface area contributed by atoms with E-state index in [0.29, 0.717) is 37.9 Å². The van der Waals surface area contributed by atoms with Gasteiger partial charge in [-0.1, -0.05) is 193 Å². The molecule has 0 saturated carbocycles. The van der Waals surface area contributed by atoms with E-state index < -0.39 is 0 Å². The van der Waals surface area contributed by atoms with Crippen LogP contribution in [0.15, 0.2) is 24.3 Å². The van der Waals surface area contributed by atoms with Crippen LogP contribution in [0.25, 0.3) is 0 Å². The summed E-state index contributed by atoms with van der Waals surface area (Å²) in [6.45, 7) is 11.2. The third kappa shape index (κ3) is 43.5. The Balaban J connectivity index is 4.11. The van der Waals surface area contributed by atoms with Crippen LogP contribution in [0.4, 0.5) is 0 Å². The second-order valence-corrected chi connectivity index (χ2v) is 21.2. The van der Waals surface area contributed by atoms with Gasteiger partial charge in [-0.25, -0.2) is 0 Å². The smallest absolute Gasteiger partial charge is 0.306 e. The fraction of sp³-hybridized carbons (Fsp3) is 0.889. The molecule has 60 heavy (non-hydrogen) atoms. The number of carbonyl (C=O) groups is 2. The van der Waals surface area contributed by atoms with Crippen molar-refractivity contribution in [1.82, 2.24) is 4.90 Å². The molecule has 0 aliphatic rings. The van der Waals surface area contributed by atoms with Gasteiger partial charge in [-0.15, -0.1) is 7.92 Å². The van der Waals surface area contributed by atoms with Crippen molar-refractivity contribution < 1.29 is 19.1 Å². The number of unbranched alkanes of at least 4 members (excludes halogenated alkanes) is 21. The van der Waals surface area contributed by atoms with E-state index in [9.17, 15) is 9.59 Å². The zero-order valence-corrected chi connectivity index (χ0v) is 42.2. The van der Waals surface area contributed by atoms with Crippen molar-refractivity contribution in [2.24, 2.45) is 11.8 Å². The highest BCUT2D eigenvalue weighted by molar-refractivity contribution is 7.57. The average molecular weight is 862 g/mol. The van der Waals surface area contributed by atoms with Crippen LogP contribution in [0.5, 0.6) is 0 Å². The van der Waals surface area contributed by atoms with Crippen LogP contribution in [0.2, 0.25) is 0 Å². The molecule has 5 nitrogen and oxygen atoms in total. The van der Waals surface area contributed by atoms with E-state index in [1.165, 1.54) is 205 Å².